The fourth-order valence-electron chi connectivity index (χ4n) is 3.91. The lowest BCUT2D eigenvalue weighted by Crippen LogP contribution is -2.12. The van der Waals surface area contributed by atoms with Crippen LogP contribution in [-0.4, -0.2) is 26.5 Å². The maximum Gasteiger partial charge on any atom is 0.231 e. The molecule has 1 unspecified atom stereocenters. The van der Waals surface area contributed by atoms with Gasteiger partial charge in [-0.05, 0) is 62.2 Å². The van der Waals surface area contributed by atoms with Crippen LogP contribution in [0.3, 0.4) is 0 Å². The molecule has 1 aliphatic rings. The monoisotopic (exact) mass is 540 g/mol. The Bertz CT molecular complexity index is 1400. The molecule has 5 rings (SSSR count). The van der Waals surface area contributed by atoms with Gasteiger partial charge in [0.25, 0.3) is 0 Å². The molecule has 2 aromatic heterocycles. The van der Waals surface area contributed by atoms with Gasteiger partial charge in [-0.3, -0.25) is 4.57 Å². The predicted octanol–water partition coefficient (Wildman–Crippen LogP) is 7.02. The van der Waals surface area contributed by atoms with Gasteiger partial charge in [0.15, 0.2) is 28.6 Å². The third-order valence-electron chi connectivity index (χ3n) is 5.66. The summed E-state index contributed by atoms with van der Waals surface area (Å²) in [5.41, 5.74) is 3.94. The van der Waals surface area contributed by atoms with Crippen molar-refractivity contribution < 1.29 is 14.2 Å². The third kappa shape index (κ3) is 5.09. The van der Waals surface area contributed by atoms with Crippen molar-refractivity contribution in [1.82, 2.24) is 19.7 Å². The number of fused-ring (bicyclic) bond motifs is 1. The molecule has 3 heterocycles. The van der Waals surface area contributed by atoms with Gasteiger partial charge in [0.1, 0.15) is 10.8 Å². The maximum absolute atomic E-state index is 6.31. The molecule has 7 nitrogen and oxygen atoms in total. The Balaban J connectivity index is 1.29. The van der Waals surface area contributed by atoms with E-state index in [1.807, 2.05) is 61.7 Å². The Kier molecular flexibility index (Phi) is 7.22. The van der Waals surface area contributed by atoms with Crippen LogP contribution in [0.5, 0.6) is 17.2 Å². The van der Waals surface area contributed by atoms with Crippen LogP contribution in [0.25, 0.3) is 10.6 Å². The van der Waals surface area contributed by atoms with Crippen molar-refractivity contribution in [2.45, 2.75) is 44.3 Å². The second-order valence-corrected chi connectivity index (χ2v) is 10.6. The quantitative estimate of drug-likeness (QED) is 0.167. The van der Waals surface area contributed by atoms with Gasteiger partial charge in [-0.2, -0.15) is 0 Å². The molecule has 0 saturated heterocycles. The number of halogens is 1. The summed E-state index contributed by atoms with van der Waals surface area (Å²) in [5, 5.41) is 13.4. The highest BCUT2D eigenvalue weighted by molar-refractivity contribution is 7.98. The van der Waals surface area contributed by atoms with Crippen molar-refractivity contribution in [2.75, 3.05) is 6.79 Å². The number of nitrogens with zero attached hydrogens (tertiary/aromatic N) is 4. The second kappa shape index (κ2) is 10.5. The molecular weight excluding hydrogens is 516 g/mol. The van der Waals surface area contributed by atoms with Crippen molar-refractivity contribution in [2.24, 2.45) is 0 Å². The molecule has 1 atom stereocenters. The summed E-state index contributed by atoms with van der Waals surface area (Å²) in [4.78, 5) is 4.81. The number of thioether (sulfide) groups is 1. The number of hydrogen-bond acceptors (Lipinski definition) is 8. The first-order valence-electron chi connectivity index (χ1n) is 11.4. The van der Waals surface area contributed by atoms with Crippen LogP contribution in [0.1, 0.15) is 35.7 Å². The van der Waals surface area contributed by atoms with Gasteiger partial charge in [0.2, 0.25) is 6.79 Å². The van der Waals surface area contributed by atoms with Gasteiger partial charge in [-0.1, -0.05) is 29.4 Å². The molecule has 1 aliphatic heterocycles. The van der Waals surface area contributed by atoms with Crippen LogP contribution in [0.15, 0.2) is 53.5 Å². The first kappa shape index (κ1) is 24.7. The SMILES string of the molecule is C=CCn1c(SCc2csc(-c3ccc4c(c3)OCO4)n2)nnc1C(C)Oc1cc(C)c(Cl)c(C)c1. The highest BCUT2D eigenvalue weighted by Gasteiger charge is 2.20. The highest BCUT2D eigenvalue weighted by atomic mass is 35.5. The molecule has 0 saturated carbocycles. The molecule has 10 heteroatoms. The van der Waals surface area contributed by atoms with Crippen LogP contribution in [0.4, 0.5) is 0 Å². The first-order valence-corrected chi connectivity index (χ1v) is 13.6. The molecule has 0 spiro atoms. The summed E-state index contributed by atoms with van der Waals surface area (Å²) in [6.45, 7) is 10.6. The standard InChI is InChI=1S/C26H25ClN4O3S2/c1-5-8-31-24(17(4)34-20-9-15(2)23(27)16(3)10-20)29-30-26(31)36-13-19-12-35-25(28-19)18-6-7-21-22(11-18)33-14-32-21/h5-7,9-12,17H,1,8,13-14H2,2-4H3. The van der Waals surface area contributed by atoms with Crippen molar-refractivity contribution in [3.63, 3.8) is 0 Å². The fraction of sp³-hybridized carbons (Fsp3) is 0.269. The number of thiazole rings is 1. The van der Waals surface area contributed by atoms with Crippen molar-refractivity contribution in [1.29, 1.82) is 0 Å². The van der Waals surface area contributed by atoms with Gasteiger partial charge in [-0.25, -0.2) is 4.98 Å². The maximum atomic E-state index is 6.31. The summed E-state index contributed by atoms with van der Waals surface area (Å²) < 4.78 is 19.1. The zero-order valence-electron chi connectivity index (χ0n) is 20.2. The zero-order chi connectivity index (χ0) is 25.2. The van der Waals surface area contributed by atoms with Gasteiger partial charge in [0.05, 0.1) is 5.69 Å². The summed E-state index contributed by atoms with van der Waals surface area (Å²) in [5.74, 6) is 3.68. The lowest BCUT2D eigenvalue weighted by molar-refractivity contribution is 0.174. The van der Waals surface area contributed by atoms with E-state index in [4.69, 9.17) is 30.8 Å². The number of benzene rings is 2. The minimum atomic E-state index is -0.302. The van der Waals surface area contributed by atoms with E-state index in [1.54, 1.807) is 23.1 Å². The largest absolute Gasteiger partial charge is 0.483 e. The van der Waals surface area contributed by atoms with E-state index < -0.39 is 0 Å². The smallest absolute Gasteiger partial charge is 0.231 e. The van der Waals surface area contributed by atoms with Crippen molar-refractivity contribution >= 4 is 34.7 Å². The van der Waals surface area contributed by atoms with E-state index in [1.165, 1.54) is 0 Å². The summed E-state index contributed by atoms with van der Waals surface area (Å²) in [6.07, 6.45) is 1.53. The van der Waals surface area contributed by atoms with Crippen LogP contribution in [-0.2, 0) is 12.3 Å². The van der Waals surface area contributed by atoms with Gasteiger partial charge >= 0.3 is 0 Å². The number of rotatable bonds is 9. The molecule has 0 radical (unpaired) electrons. The first-order chi connectivity index (χ1) is 17.4. The average Bonchev–Trinajstić information content (AvgIpc) is 3.60. The molecule has 186 valence electrons. The lowest BCUT2D eigenvalue weighted by Gasteiger charge is -2.17. The molecule has 36 heavy (non-hydrogen) atoms. The normalized spacial score (nSPS) is 13.1. The minimum absolute atomic E-state index is 0.258. The molecular formula is C26H25ClN4O3S2. The van der Waals surface area contributed by atoms with Crippen LogP contribution < -0.4 is 14.2 Å². The number of ether oxygens (including phenoxy) is 3. The van der Waals surface area contributed by atoms with Crippen molar-refractivity contribution in [3.05, 3.63) is 76.0 Å². The predicted molar refractivity (Wildman–Crippen MR) is 143 cm³/mol. The summed E-state index contributed by atoms with van der Waals surface area (Å²) in [6, 6.07) is 9.77. The molecule has 0 N–H and O–H groups in total. The van der Waals surface area contributed by atoms with E-state index in [0.717, 1.165) is 60.6 Å². The van der Waals surface area contributed by atoms with Gasteiger partial charge in [-0.15, -0.1) is 28.1 Å². The molecule has 0 bridgehead atoms. The topological polar surface area (TPSA) is 71.3 Å². The Morgan fingerprint density at radius 3 is 2.75 bits per heavy atom. The van der Waals surface area contributed by atoms with Crippen molar-refractivity contribution in [3.8, 4) is 27.8 Å². The second-order valence-electron chi connectivity index (χ2n) is 8.37. The third-order valence-corrected chi connectivity index (χ3v) is 8.20. The Labute approximate surface area is 223 Å². The Hall–Kier alpha value is -3.01. The molecule has 0 fully saturated rings. The number of aromatic nitrogens is 4. The van der Waals surface area contributed by atoms with E-state index >= 15 is 0 Å². The number of aryl methyl sites for hydroxylation is 2. The number of allylic oxidation sites excluding steroid dienone is 1. The molecule has 2 aromatic carbocycles. The Morgan fingerprint density at radius 1 is 1.19 bits per heavy atom. The zero-order valence-corrected chi connectivity index (χ0v) is 22.5. The van der Waals surface area contributed by atoms with Crippen LogP contribution in [0, 0.1) is 13.8 Å². The average molecular weight is 541 g/mol. The molecule has 0 aliphatic carbocycles. The summed E-state index contributed by atoms with van der Waals surface area (Å²) >= 11 is 9.50. The van der Waals surface area contributed by atoms with E-state index in [-0.39, 0.29) is 12.9 Å². The van der Waals surface area contributed by atoms with E-state index in [9.17, 15) is 0 Å². The molecule has 4 aromatic rings. The molecule has 0 amide bonds. The van der Waals surface area contributed by atoms with E-state index in [2.05, 4.69) is 22.2 Å². The highest BCUT2D eigenvalue weighted by Crippen LogP contribution is 2.37. The van der Waals surface area contributed by atoms with Gasteiger partial charge < -0.3 is 14.2 Å². The van der Waals surface area contributed by atoms with Crippen LogP contribution in [0.2, 0.25) is 5.02 Å². The van der Waals surface area contributed by atoms with E-state index in [0.29, 0.717) is 12.3 Å². The number of hydrogen-bond donors (Lipinski definition) is 0. The summed E-state index contributed by atoms with van der Waals surface area (Å²) in [7, 11) is 0. The van der Waals surface area contributed by atoms with Gasteiger partial charge in [0, 0.05) is 28.3 Å². The lowest BCUT2D eigenvalue weighted by atomic mass is 10.1. The van der Waals surface area contributed by atoms with Crippen LogP contribution >= 0.6 is 34.7 Å². The fourth-order valence-corrected chi connectivity index (χ4v) is 5.79. The Morgan fingerprint density at radius 2 is 1.97 bits per heavy atom. The minimum Gasteiger partial charge on any atom is -0.483 e.